The van der Waals surface area contributed by atoms with Crippen LogP contribution in [0.2, 0.25) is 18.1 Å². The minimum absolute atomic E-state index is 0.202. The van der Waals surface area contributed by atoms with Gasteiger partial charge in [-0.05, 0) is 91.0 Å². The molecule has 0 amide bonds. The Bertz CT molecular complexity index is 1470. The van der Waals surface area contributed by atoms with Gasteiger partial charge in [-0.15, -0.1) is 0 Å². The zero-order chi connectivity index (χ0) is 29.8. The average molecular weight is 576 g/mol. The Hall–Kier alpha value is -3.09. The van der Waals surface area contributed by atoms with Gasteiger partial charge in [0.05, 0.1) is 24.9 Å². The van der Waals surface area contributed by atoms with E-state index in [1.165, 1.54) is 5.56 Å². The van der Waals surface area contributed by atoms with Crippen LogP contribution in [0.25, 0.3) is 22.2 Å². The molecule has 4 nitrogen and oxygen atoms in total. The molecular weight excluding hydrogens is 529 g/mol. The van der Waals surface area contributed by atoms with Gasteiger partial charge in [0.1, 0.15) is 11.5 Å². The second-order valence-corrected chi connectivity index (χ2v) is 17.3. The smallest absolute Gasteiger partial charge is 0.191 e. The van der Waals surface area contributed by atoms with E-state index in [1.54, 1.807) is 7.11 Å². The third-order valence-electron chi connectivity index (χ3n) is 8.45. The lowest BCUT2D eigenvalue weighted by Crippen LogP contribution is -2.41. The quantitative estimate of drug-likeness (QED) is 0.125. The van der Waals surface area contributed by atoms with Crippen LogP contribution in [0.3, 0.4) is 0 Å². The Morgan fingerprint density at radius 1 is 0.878 bits per heavy atom. The molecular formula is C35H46FNO3Si. The molecule has 0 aliphatic heterocycles. The number of unbranched alkanes of at least 4 members (excludes halogenated alkanes) is 1. The molecule has 1 aromatic heterocycles. The highest BCUT2D eigenvalue weighted by Crippen LogP contribution is 2.38. The number of hydrogen-bond donors (Lipinski definition) is 0. The van der Waals surface area contributed by atoms with Crippen molar-refractivity contribution in [2.75, 3.05) is 20.3 Å². The van der Waals surface area contributed by atoms with E-state index in [9.17, 15) is 0 Å². The summed E-state index contributed by atoms with van der Waals surface area (Å²) in [6.45, 7) is 17.4. The lowest BCUT2D eigenvalue weighted by molar-refractivity contribution is 0.292. The Labute approximate surface area is 246 Å². The third-order valence-corrected chi connectivity index (χ3v) is 13.0. The normalized spacial score (nSPS) is 12.2. The number of aromatic nitrogens is 1. The molecule has 0 spiro atoms. The van der Waals surface area contributed by atoms with Crippen LogP contribution in [0.5, 0.6) is 11.5 Å². The molecule has 1 heterocycles. The molecule has 41 heavy (non-hydrogen) atoms. The fraction of sp³-hybridized carbons (Fsp3) is 0.429. The minimum Gasteiger partial charge on any atom is -0.497 e. The van der Waals surface area contributed by atoms with E-state index in [-0.39, 0.29) is 10.9 Å². The summed E-state index contributed by atoms with van der Waals surface area (Å²) in [6.07, 6.45) is 2.90. The first-order chi connectivity index (χ1) is 19.4. The standard InChI is InChI=1S/C35H46FNO3Si/c1-9-10-20-39-29-16-18-32-31(23-29)33(36)34(30-17-15-28(38-6)22-25(30)2)37(32)24-27-13-11-26(12-14-27)19-21-40-41(7,8)35(3,4)5/h11-18,22-23H,9-10,19-21,24H2,1-8H3. The minimum atomic E-state index is -1.76. The van der Waals surface area contributed by atoms with Crippen molar-refractivity contribution in [2.45, 2.75) is 78.6 Å². The van der Waals surface area contributed by atoms with Crippen molar-refractivity contribution >= 4 is 19.2 Å². The van der Waals surface area contributed by atoms with Crippen LogP contribution in [0.15, 0.2) is 60.7 Å². The molecule has 0 saturated heterocycles. The van der Waals surface area contributed by atoms with Gasteiger partial charge in [0.2, 0.25) is 0 Å². The molecule has 0 saturated carbocycles. The van der Waals surface area contributed by atoms with E-state index in [0.29, 0.717) is 30.0 Å². The summed E-state index contributed by atoms with van der Waals surface area (Å²) in [5, 5.41) is 0.775. The SMILES string of the molecule is CCCCOc1ccc2c(c1)c(F)c(-c1ccc(OC)cc1C)n2Cc1ccc(CCO[Si](C)(C)C(C)(C)C)cc1. The Morgan fingerprint density at radius 3 is 2.20 bits per heavy atom. The first-order valence-electron chi connectivity index (χ1n) is 14.8. The van der Waals surface area contributed by atoms with Gasteiger partial charge in [0.15, 0.2) is 14.1 Å². The summed E-state index contributed by atoms with van der Waals surface area (Å²) in [7, 11) is -0.115. The van der Waals surface area contributed by atoms with Crippen LogP contribution in [-0.4, -0.2) is 33.2 Å². The lowest BCUT2D eigenvalue weighted by atomic mass is 10.0. The number of aryl methyl sites for hydroxylation is 1. The van der Waals surface area contributed by atoms with E-state index < -0.39 is 8.32 Å². The van der Waals surface area contributed by atoms with Gasteiger partial charge < -0.3 is 18.5 Å². The Morgan fingerprint density at radius 2 is 1.56 bits per heavy atom. The van der Waals surface area contributed by atoms with Crippen molar-refractivity contribution in [1.29, 1.82) is 0 Å². The van der Waals surface area contributed by atoms with Gasteiger partial charge in [0.25, 0.3) is 0 Å². The van der Waals surface area contributed by atoms with Crippen molar-refractivity contribution in [2.24, 2.45) is 0 Å². The molecule has 0 atom stereocenters. The van der Waals surface area contributed by atoms with Gasteiger partial charge in [-0.2, -0.15) is 0 Å². The fourth-order valence-corrected chi connectivity index (χ4v) is 5.85. The van der Waals surface area contributed by atoms with Gasteiger partial charge in [-0.3, -0.25) is 0 Å². The van der Waals surface area contributed by atoms with Crippen molar-refractivity contribution in [3.05, 3.63) is 83.2 Å². The number of benzene rings is 3. The van der Waals surface area contributed by atoms with Crippen molar-refractivity contribution in [3.63, 3.8) is 0 Å². The van der Waals surface area contributed by atoms with E-state index in [1.807, 2.05) is 43.3 Å². The summed E-state index contributed by atoms with van der Waals surface area (Å²) in [5.41, 5.74) is 5.61. The number of nitrogens with zero attached hydrogens (tertiary/aromatic N) is 1. The summed E-state index contributed by atoms with van der Waals surface area (Å²) in [5.74, 6) is 1.23. The highest BCUT2D eigenvalue weighted by molar-refractivity contribution is 6.74. The second kappa shape index (κ2) is 12.8. The number of rotatable bonds is 12. The first kappa shape index (κ1) is 30.9. The van der Waals surface area contributed by atoms with Crippen molar-refractivity contribution < 1.29 is 18.3 Å². The second-order valence-electron chi connectivity index (χ2n) is 12.5. The average Bonchev–Trinajstić information content (AvgIpc) is 3.19. The highest BCUT2D eigenvalue weighted by atomic mass is 28.4. The highest BCUT2D eigenvalue weighted by Gasteiger charge is 2.36. The van der Waals surface area contributed by atoms with Crippen LogP contribution in [0, 0.1) is 12.7 Å². The van der Waals surface area contributed by atoms with Crippen LogP contribution in [0.4, 0.5) is 4.39 Å². The van der Waals surface area contributed by atoms with Crippen molar-refractivity contribution in [1.82, 2.24) is 4.57 Å². The van der Waals surface area contributed by atoms with Gasteiger partial charge in [0, 0.05) is 24.1 Å². The first-order valence-corrected chi connectivity index (χ1v) is 17.7. The third kappa shape index (κ3) is 7.04. The number of fused-ring (bicyclic) bond motifs is 1. The monoisotopic (exact) mass is 575 g/mol. The number of ether oxygens (including phenoxy) is 2. The van der Waals surface area contributed by atoms with Crippen LogP contribution >= 0.6 is 0 Å². The maximum absolute atomic E-state index is 16.3. The molecule has 0 unspecified atom stereocenters. The summed E-state index contributed by atoms with van der Waals surface area (Å²) < 4.78 is 36.1. The molecule has 220 valence electrons. The molecule has 0 N–H and O–H groups in total. The molecule has 4 aromatic rings. The molecule has 4 rings (SSSR count). The maximum atomic E-state index is 16.3. The maximum Gasteiger partial charge on any atom is 0.191 e. The predicted octanol–water partition coefficient (Wildman–Crippen LogP) is 9.56. The fourth-order valence-electron chi connectivity index (χ4n) is 4.81. The molecule has 0 fully saturated rings. The number of halogens is 1. The van der Waals surface area contributed by atoms with Crippen LogP contribution < -0.4 is 9.47 Å². The van der Waals surface area contributed by atoms with Gasteiger partial charge in [-0.25, -0.2) is 4.39 Å². The summed E-state index contributed by atoms with van der Waals surface area (Å²) in [6, 6.07) is 20.2. The van der Waals surface area contributed by atoms with E-state index in [2.05, 4.69) is 69.6 Å². The zero-order valence-corrected chi connectivity index (χ0v) is 27.1. The largest absolute Gasteiger partial charge is 0.497 e. The van der Waals surface area contributed by atoms with Gasteiger partial charge in [-0.1, -0.05) is 58.4 Å². The molecule has 0 bridgehead atoms. The van der Waals surface area contributed by atoms with E-state index >= 15 is 4.39 Å². The predicted molar refractivity (Wildman–Crippen MR) is 171 cm³/mol. The van der Waals surface area contributed by atoms with Gasteiger partial charge >= 0.3 is 0 Å². The lowest BCUT2D eigenvalue weighted by Gasteiger charge is -2.36. The molecule has 0 aliphatic rings. The van der Waals surface area contributed by atoms with Crippen LogP contribution in [0.1, 0.15) is 57.2 Å². The molecule has 0 radical (unpaired) electrons. The van der Waals surface area contributed by atoms with Crippen LogP contribution in [-0.2, 0) is 17.4 Å². The molecule has 0 aliphatic carbocycles. The Balaban J connectivity index is 1.64. The molecule has 6 heteroatoms. The molecule has 3 aromatic carbocycles. The number of hydrogen-bond acceptors (Lipinski definition) is 3. The van der Waals surface area contributed by atoms with E-state index in [4.69, 9.17) is 13.9 Å². The summed E-state index contributed by atoms with van der Waals surface area (Å²) in [4.78, 5) is 0. The van der Waals surface area contributed by atoms with E-state index in [0.717, 1.165) is 53.8 Å². The van der Waals surface area contributed by atoms with Crippen molar-refractivity contribution in [3.8, 4) is 22.8 Å². The summed E-state index contributed by atoms with van der Waals surface area (Å²) >= 11 is 0. The Kier molecular flexibility index (Phi) is 9.65. The zero-order valence-electron chi connectivity index (χ0n) is 26.1. The number of methoxy groups -OCH3 is 1. The topological polar surface area (TPSA) is 32.6 Å².